The van der Waals surface area contributed by atoms with Gasteiger partial charge in [0.05, 0.1) is 0 Å². The Morgan fingerprint density at radius 1 is 1.26 bits per heavy atom. The van der Waals surface area contributed by atoms with E-state index in [9.17, 15) is 9.59 Å². The SMILES string of the molecule is Cc1cc(Cl)ccc1OCC(=O)N1CCC(CNC(=O)OC(C)(C)C)CC1. The first-order valence-electron chi connectivity index (χ1n) is 9.27. The van der Waals surface area contributed by atoms with Gasteiger partial charge in [-0.25, -0.2) is 4.79 Å². The van der Waals surface area contributed by atoms with Gasteiger partial charge >= 0.3 is 6.09 Å². The van der Waals surface area contributed by atoms with Crippen LogP contribution in [0.1, 0.15) is 39.2 Å². The van der Waals surface area contributed by atoms with Crippen LogP contribution in [-0.2, 0) is 9.53 Å². The Morgan fingerprint density at radius 2 is 1.93 bits per heavy atom. The molecule has 0 aliphatic carbocycles. The molecule has 27 heavy (non-hydrogen) atoms. The normalized spacial score (nSPS) is 15.4. The number of halogens is 1. The van der Waals surface area contributed by atoms with E-state index in [1.54, 1.807) is 12.1 Å². The second-order valence-corrected chi connectivity index (χ2v) is 8.34. The van der Waals surface area contributed by atoms with E-state index in [2.05, 4.69) is 5.32 Å². The zero-order valence-corrected chi connectivity index (χ0v) is 17.3. The van der Waals surface area contributed by atoms with Gasteiger partial charge in [-0.05, 0) is 70.2 Å². The van der Waals surface area contributed by atoms with Gasteiger partial charge in [0, 0.05) is 24.7 Å². The molecule has 1 aliphatic heterocycles. The highest BCUT2D eigenvalue weighted by Crippen LogP contribution is 2.22. The van der Waals surface area contributed by atoms with E-state index in [1.807, 2.05) is 38.7 Å². The van der Waals surface area contributed by atoms with Crippen LogP contribution in [0.2, 0.25) is 5.02 Å². The lowest BCUT2D eigenvalue weighted by Crippen LogP contribution is -2.43. The number of nitrogens with one attached hydrogen (secondary N) is 1. The molecule has 6 nitrogen and oxygen atoms in total. The predicted octanol–water partition coefficient (Wildman–Crippen LogP) is 3.79. The van der Waals surface area contributed by atoms with Gasteiger partial charge in [0.1, 0.15) is 11.4 Å². The van der Waals surface area contributed by atoms with Gasteiger partial charge in [0.25, 0.3) is 5.91 Å². The number of piperidine rings is 1. The van der Waals surface area contributed by atoms with E-state index in [-0.39, 0.29) is 12.5 Å². The van der Waals surface area contributed by atoms with Crippen molar-refractivity contribution in [3.63, 3.8) is 0 Å². The summed E-state index contributed by atoms with van der Waals surface area (Å²) in [6.07, 6.45) is 1.30. The summed E-state index contributed by atoms with van der Waals surface area (Å²) < 4.78 is 10.9. The minimum absolute atomic E-state index is 0.0172. The van der Waals surface area contributed by atoms with Gasteiger partial charge in [-0.15, -0.1) is 0 Å². The Kier molecular flexibility index (Phi) is 7.36. The molecule has 0 spiro atoms. The molecule has 0 radical (unpaired) electrons. The molecule has 150 valence electrons. The molecule has 1 aromatic carbocycles. The second kappa shape index (κ2) is 9.31. The average molecular weight is 397 g/mol. The summed E-state index contributed by atoms with van der Waals surface area (Å²) in [4.78, 5) is 25.9. The second-order valence-electron chi connectivity index (χ2n) is 7.91. The standard InChI is InChI=1S/C20H29ClN2O4/c1-14-11-16(21)5-6-17(14)26-13-18(24)23-9-7-15(8-10-23)12-22-19(25)27-20(2,3)4/h5-6,11,15H,7-10,12-13H2,1-4H3,(H,22,25). The van der Waals surface area contributed by atoms with Crippen LogP contribution in [0.5, 0.6) is 5.75 Å². The lowest BCUT2D eigenvalue weighted by Gasteiger charge is -2.32. The quantitative estimate of drug-likeness (QED) is 0.822. The maximum atomic E-state index is 12.4. The zero-order valence-electron chi connectivity index (χ0n) is 16.5. The third-order valence-electron chi connectivity index (χ3n) is 4.39. The highest BCUT2D eigenvalue weighted by molar-refractivity contribution is 6.30. The van der Waals surface area contributed by atoms with Crippen molar-refractivity contribution in [3.8, 4) is 5.75 Å². The van der Waals surface area contributed by atoms with Gasteiger partial charge in [0.2, 0.25) is 0 Å². The number of benzene rings is 1. The third kappa shape index (κ3) is 7.29. The number of carbonyl (C=O) groups excluding carboxylic acids is 2. The average Bonchev–Trinajstić information content (AvgIpc) is 2.58. The van der Waals surface area contributed by atoms with Crippen molar-refractivity contribution in [3.05, 3.63) is 28.8 Å². The maximum absolute atomic E-state index is 12.4. The molecular weight excluding hydrogens is 368 g/mol. The number of alkyl carbamates (subject to hydrolysis) is 1. The fourth-order valence-electron chi connectivity index (χ4n) is 2.93. The minimum Gasteiger partial charge on any atom is -0.483 e. The molecule has 0 saturated carbocycles. The van der Waals surface area contributed by atoms with Crippen LogP contribution in [0.15, 0.2) is 18.2 Å². The number of ether oxygens (including phenoxy) is 2. The number of hydrogen-bond donors (Lipinski definition) is 1. The third-order valence-corrected chi connectivity index (χ3v) is 4.62. The fraction of sp³-hybridized carbons (Fsp3) is 0.600. The van der Waals surface area contributed by atoms with E-state index >= 15 is 0 Å². The molecule has 0 bridgehead atoms. The van der Waals surface area contributed by atoms with Crippen molar-refractivity contribution in [1.29, 1.82) is 0 Å². The molecule has 1 fully saturated rings. The van der Waals surface area contributed by atoms with Gasteiger partial charge in [-0.3, -0.25) is 4.79 Å². The van der Waals surface area contributed by atoms with Crippen LogP contribution in [-0.4, -0.2) is 48.7 Å². The highest BCUT2D eigenvalue weighted by Gasteiger charge is 2.24. The van der Waals surface area contributed by atoms with Crippen molar-refractivity contribution in [2.45, 2.75) is 46.1 Å². The summed E-state index contributed by atoms with van der Waals surface area (Å²) >= 11 is 5.93. The first kappa shape index (κ1) is 21.4. The predicted molar refractivity (Wildman–Crippen MR) is 105 cm³/mol. The van der Waals surface area contributed by atoms with Crippen molar-refractivity contribution in [2.75, 3.05) is 26.2 Å². The molecule has 0 aromatic heterocycles. The molecule has 1 heterocycles. The van der Waals surface area contributed by atoms with Crippen LogP contribution >= 0.6 is 11.6 Å². The molecule has 7 heteroatoms. The largest absolute Gasteiger partial charge is 0.483 e. The van der Waals surface area contributed by atoms with Gasteiger partial charge in [-0.2, -0.15) is 0 Å². The Labute approximate surface area is 166 Å². The number of carbonyl (C=O) groups is 2. The Balaban J connectivity index is 1.70. The van der Waals surface area contributed by atoms with E-state index < -0.39 is 11.7 Å². The molecule has 0 unspecified atom stereocenters. The van der Waals surface area contributed by atoms with Crippen LogP contribution in [0, 0.1) is 12.8 Å². The summed E-state index contributed by atoms with van der Waals surface area (Å²) in [6, 6.07) is 5.33. The van der Waals surface area contributed by atoms with Crippen LogP contribution in [0.3, 0.4) is 0 Å². The van der Waals surface area contributed by atoms with Crippen molar-refractivity contribution in [1.82, 2.24) is 10.2 Å². The Hall–Kier alpha value is -1.95. The summed E-state index contributed by atoms with van der Waals surface area (Å²) in [5.74, 6) is 0.994. The molecule has 0 atom stereocenters. The molecule has 1 aliphatic rings. The summed E-state index contributed by atoms with van der Waals surface area (Å²) in [7, 11) is 0. The smallest absolute Gasteiger partial charge is 0.407 e. The minimum atomic E-state index is -0.498. The molecule has 2 amide bonds. The van der Waals surface area contributed by atoms with E-state index in [4.69, 9.17) is 21.1 Å². The van der Waals surface area contributed by atoms with Gasteiger partial charge < -0.3 is 19.7 Å². The van der Waals surface area contributed by atoms with E-state index in [0.717, 1.165) is 18.4 Å². The van der Waals surface area contributed by atoms with Crippen molar-refractivity contribution >= 4 is 23.6 Å². The Morgan fingerprint density at radius 3 is 2.52 bits per heavy atom. The number of nitrogens with zero attached hydrogens (tertiary/aromatic N) is 1. The number of likely N-dealkylation sites (tertiary alicyclic amines) is 1. The van der Waals surface area contributed by atoms with E-state index in [1.165, 1.54) is 0 Å². The van der Waals surface area contributed by atoms with Crippen molar-refractivity contribution < 1.29 is 19.1 Å². The topological polar surface area (TPSA) is 67.9 Å². The monoisotopic (exact) mass is 396 g/mol. The molecule has 1 aromatic rings. The first-order valence-corrected chi connectivity index (χ1v) is 9.65. The highest BCUT2D eigenvalue weighted by atomic mass is 35.5. The number of rotatable bonds is 5. The van der Waals surface area contributed by atoms with Gasteiger partial charge in [-0.1, -0.05) is 11.6 Å². The summed E-state index contributed by atoms with van der Waals surface area (Å²) in [6.45, 7) is 9.33. The molecule has 1 saturated heterocycles. The molecular formula is C20H29ClN2O4. The lowest BCUT2D eigenvalue weighted by molar-refractivity contribution is -0.134. The van der Waals surface area contributed by atoms with Crippen LogP contribution < -0.4 is 10.1 Å². The number of hydrogen-bond acceptors (Lipinski definition) is 4. The van der Waals surface area contributed by atoms with E-state index in [0.29, 0.717) is 36.3 Å². The summed E-state index contributed by atoms with van der Waals surface area (Å²) in [5, 5.41) is 3.46. The zero-order chi connectivity index (χ0) is 20.0. The lowest BCUT2D eigenvalue weighted by atomic mass is 9.97. The number of aryl methyl sites for hydroxylation is 1. The first-order chi connectivity index (χ1) is 12.6. The Bertz CT molecular complexity index is 664. The van der Waals surface area contributed by atoms with Crippen molar-refractivity contribution in [2.24, 2.45) is 5.92 Å². The fourth-order valence-corrected chi connectivity index (χ4v) is 3.16. The number of amides is 2. The van der Waals surface area contributed by atoms with Gasteiger partial charge in [0.15, 0.2) is 6.61 Å². The molecule has 2 rings (SSSR count). The van der Waals surface area contributed by atoms with Crippen LogP contribution in [0.4, 0.5) is 4.79 Å². The van der Waals surface area contributed by atoms with Crippen LogP contribution in [0.25, 0.3) is 0 Å². The molecule has 1 N–H and O–H groups in total. The maximum Gasteiger partial charge on any atom is 0.407 e. The summed E-state index contributed by atoms with van der Waals surface area (Å²) in [5.41, 5.74) is 0.407.